The summed E-state index contributed by atoms with van der Waals surface area (Å²) in [6.45, 7) is 5.50. The highest BCUT2D eigenvalue weighted by atomic mass is 79.9. The van der Waals surface area contributed by atoms with Crippen molar-refractivity contribution < 1.29 is 18.0 Å². The highest BCUT2D eigenvalue weighted by molar-refractivity contribution is 9.10. The number of nitrogens with one attached hydrogen (secondary N) is 1. The zero-order chi connectivity index (χ0) is 24.8. The van der Waals surface area contributed by atoms with Crippen molar-refractivity contribution in [3.8, 4) is 0 Å². The standard InChI is InChI=1S/C23H29BrClN3O4S/c1-5-12-26-23(30)17(3)27(14-18-7-9-19(24)10-8-18)22(29)15-28(33(4,31)32)21-13-20(25)11-6-16(21)2/h6-11,13,17H,5,12,14-15H2,1-4H3,(H,26,30)/t17-/m0/s1. The number of aryl methyl sites for hydroxylation is 1. The summed E-state index contributed by atoms with van der Waals surface area (Å²) in [5, 5.41) is 3.16. The predicted octanol–water partition coefficient (Wildman–Crippen LogP) is 4.12. The topological polar surface area (TPSA) is 86.8 Å². The highest BCUT2D eigenvalue weighted by Crippen LogP contribution is 2.26. The molecule has 0 aromatic heterocycles. The lowest BCUT2D eigenvalue weighted by Gasteiger charge is -2.32. The summed E-state index contributed by atoms with van der Waals surface area (Å²) in [5.74, 6) is -0.797. The van der Waals surface area contributed by atoms with E-state index in [9.17, 15) is 18.0 Å². The van der Waals surface area contributed by atoms with Gasteiger partial charge < -0.3 is 10.2 Å². The van der Waals surface area contributed by atoms with Crippen LogP contribution in [0.1, 0.15) is 31.4 Å². The van der Waals surface area contributed by atoms with Crippen LogP contribution in [0.4, 0.5) is 5.69 Å². The Balaban J connectivity index is 2.40. The van der Waals surface area contributed by atoms with Crippen LogP contribution in [-0.2, 0) is 26.2 Å². The molecular formula is C23H29BrClN3O4S. The molecule has 10 heteroatoms. The Hall–Kier alpha value is -2.10. The van der Waals surface area contributed by atoms with Crippen LogP contribution in [0.3, 0.4) is 0 Å². The molecule has 2 rings (SSSR count). The van der Waals surface area contributed by atoms with Crippen LogP contribution in [-0.4, -0.2) is 50.5 Å². The molecule has 33 heavy (non-hydrogen) atoms. The average Bonchev–Trinajstić information content (AvgIpc) is 2.75. The highest BCUT2D eigenvalue weighted by Gasteiger charge is 2.30. The molecule has 2 amide bonds. The molecule has 0 heterocycles. The quantitative estimate of drug-likeness (QED) is 0.475. The number of benzene rings is 2. The number of rotatable bonds is 10. The number of halogens is 2. The summed E-state index contributed by atoms with van der Waals surface area (Å²) >= 11 is 9.48. The number of carbonyl (C=O) groups is 2. The molecule has 0 unspecified atom stereocenters. The Morgan fingerprint density at radius 1 is 1.15 bits per heavy atom. The fraction of sp³-hybridized carbons (Fsp3) is 0.391. The van der Waals surface area contributed by atoms with Gasteiger partial charge in [-0.05, 0) is 55.7 Å². The van der Waals surface area contributed by atoms with E-state index in [-0.39, 0.29) is 12.5 Å². The molecule has 0 spiro atoms. The fourth-order valence-corrected chi connectivity index (χ4v) is 4.54. The second kappa shape index (κ2) is 11.9. The first-order chi connectivity index (χ1) is 15.4. The number of hydrogen-bond donors (Lipinski definition) is 1. The second-order valence-corrected chi connectivity index (χ2v) is 11.1. The maximum atomic E-state index is 13.5. The van der Waals surface area contributed by atoms with Gasteiger partial charge in [0.15, 0.2) is 0 Å². The minimum Gasteiger partial charge on any atom is -0.354 e. The van der Waals surface area contributed by atoms with Gasteiger partial charge in [0.2, 0.25) is 21.8 Å². The second-order valence-electron chi connectivity index (χ2n) is 7.82. The van der Waals surface area contributed by atoms with Gasteiger partial charge in [-0.25, -0.2) is 8.42 Å². The average molecular weight is 559 g/mol. The Morgan fingerprint density at radius 3 is 2.36 bits per heavy atom. The molecule has 0 radical (unpaired) electrons. The number of anilines is 1. The number of amides is 2. The van der Waals surface area contributed by atoms with Gasteiger partial charge in [0, 0.05) is 22.6 Å². The van der Waals surface area contributed by atoms with Gasteiger partial charge in [0.1, 0.15) is 12.6 Å². The van der Waals surface area contributed by atoms with Crippen LogP contribution in [0.15, 0.2) is 46.9 Å². The van der Waals surface area contributed by atoms with Crippen molar-refractivity contribution in [2.45, 2.75) is 39.8 Å². The zero-order valence-electron chi connectivity index (χ0n) is 19.1. The molecule has 0 aliphatic heterocycles. The van der Waals surface area contributed by atoms with E-state index in [2.05, 4.69) is 21.2 Å². The third kappa shape index (κ3) is 7.72. The molecule has 0 saturated carbocycles. The lowest BCUT2D eigenvalue weighted by atomic mass is 10.1. The van der Waals surface area contributed by atoms with Gasteiger partial charge in [0.25, 0.3) is 0 Å². The van der Waals surface area contributed by atoms with Crippen molar-refractivity contribution in [1.29, 1.82) is 0 Å². The molecule has 2 aromatic rings. The van der Waals surface area contributed by atoms with Crippen LogP contribution >= 0.6 is 27.5 Å². The molecule has 1 atom stereocenters. The summed E-state index contributed by atoms with van der Waals surface area (Å²) in [5.41, 5.74) is 1.79. The number of carbonyl (C=O) groups excluding carboxylic acids is 2. The minimum absolute atomic E-state index is 0.152. The maximum Gasteiger partial charge on any atom is 0.244 e. The van der Waals surface area contributed by atoms with E-state index in [1.807, 2.05) is 31.2 Å². The van der Waals surface area contributed by atoms with Crippen LogP contribution < -0.4 is 9.62 Å². The smallest absolute Gasteiger partial charge is 0.244 e. The van der Waals surface area contributed by atoms with Crippen LogP contribution in [0.25, 0.3) is 0 Å². The van der Waals surface area contributed by atoms with Crippen molar-refractivity contribution >= 4 is 55.1 Å². The van der Waals surface area contributed by atoms with E-state index in [4.69, 9.17) is 11.6 Å². The zero-order valence-corrected chi connectivity index (χ0v) is 22.3. The lowest BCUT2D eigenvalue weighted by molar-refractivity contribution is -0.139. The lowest BCUT2D eigenvalue weighted by Crippen LogP contribution is -2.51. The van der Waals surface area contributed by atoms with Gasteiger partial charge in [-0.1, -0.05) is 52.7 Å². The van der Waals surface area contributed by atoms with E-state index in [0.29, 0.717) is 22.8 Å². The summed E-state index contributed by atoms with van der Waals surface area (Å²) in [6, 6.07) is 11.4. The normalized spacial score (nSPS) is 12.2. The molecule has 2 aromatic carbocycles. The van der Waals surface area contributed by atoms with E-state index in [0.717, 1.165) is 27.0 Å². The van der Waals surface area contributed by atoms with Gasteiger partial charge in [-0.15, -0.1) is 0 Å². The minimum atomic E-state index is -3.80. The molecule has 180 valence electrons. The SMILES string of the molecule is CCCNC(=O)[C@H](C)N(Cc1ccc(Br)cc1)C(=O)CN(c1cc(Cl)ccc1C)S(C)(=O)=O. The van der Waals surface area contributed by atoms with Gasteiger partial charge in [-0.3, -0.25) is 13.9 Å². The van der Waals surface area contributed by atoms with Crippen molar-refractivity contribution in [3.05, 3.63) is 63.1 Å². The number of sulfonamides is 1. The van der Waals surface area contributed by atoms with Gasteiger partial charge in [-0.2, -0.15) is 0 Å². The molecule has 1 N–H and O–H groups in total. The maximum absolute atomic E-state index is 13.5. The molecule has 0 fully saturated rings. The largest absolute Gasteiger partial charge is 0.354 e. The predicted molar refractivity (Wildman–Crippen MR) is 136 cm³/mol. The monoisotopic (exact) mass is 557 g/mol. The molecule has 0 aliphatic carbocycles. The summed E-state index contributed by atoms with van der Waals surface area (Å²) in [7, 11) is -3.80. The first-order valence-corrected chi connectivity index (χ1v) is 13.5. The molecule has 0 aliphatic rings. The van der Waals surface area contributed by atoms with E-state index in [1.54, 1.807) is 26.0 Å². The number of hydrogen-bond acceptors (Lipinski definition) is 4. The van der Waals surface area contributed by atoms with Crippen LogP contribution in [0, 0.1) is 6.92 Å². The first-order valence-electron chi connectivity index (χ1n) is 10.5. The summed E-state index contributed by atoms with van der Waals surface area (Å²) in [4.78, 5) is 27.5. The van der Waals surface area contributed by atoms with Gasteiger partial charge >= 0.3 is 0 Å². The van der Waals surface area contributed by atoms with Crippen LogP contribution in [0.5, 0.6) is 0 Å². The molecule has 0 saturated heterocycles. The Kier molecular flexibility index (Phi) is 9.75. The third-order valence-electron chi connectivity index (χ3n) is 5.10. The molecule has 0 bridgehead atoms. The summed E-state index contributed by atoms with van der Waals surface area (Å²) < 4.78 is 27.2. The fourth-order valence-electron chi connectivity index (χ4n) is 3.21. The van der Waals surface area contributed by atoms with E-state index >= 15 is 0 Å². The number of nitrogens with zero attached hydrogens (tertiary/aromatic N) is 2. The third-order valence-corrected chi connectivity index (χ3v) is 6.99. The molecular weight excluding hydrogens is 530 g/mol. The summed E-state index contributed by atoms with van der Waals surface area (Å²) in [6.07, 6.45) is 1.80. The Bertz CT molecular complexity index is 1090. The van der Waals surface area contributed by atoms with Crippen molar-refractivity contribution in [2.24, 2.45) is 0 Å². The van der Waals surface area contributed by atoms with Gasteiger partial charge in [0.05, 0.1) is 11.9 Å². The van der Waals surface area contributed by atoms with E-state index < -0.39 is 28.5 Å². The molecule has 7 nitrogen and oxygen atoms in total. The Labute approximate surface area is 209 Å². The van der Waals surface area contributed by atoms with Crippen molar-refractivity contribution in [1.82, 2.24) is 10.2 Å². The first kappa shape index (κ1) is 27.1. The van der Waals surface area contributed by atoms with Crippen LogP contribution in [0.2, 0.25) is 5.02 Å². The Morgan fingerprint density at radius 2 is 1.79 bits per heavy atom. The van der Waals surface area contributed by atoms with E-state index in [1.165, 1.54) is 11.0 Å². The van der Waals surface area contributed by atoms with Crippen molar-refractivity contribution in [2.75, 3.05) is 23.7 Å². The van der Waals surface area contributed by atoms with Crippen molar-refractivity contribution in [3.63, 3.8) is 0 Å².